The number of carbonyl (C=O) groups is 1. The van der Waals surface area contributed by atoms with Crippen LogP contribution in [0.25, 0.3) is 0 Å². The van der Waals surface area contributed by atoms with Gasteiger partial charge in [-0.2, -0.15) is 22.0 Å². The molecule has 0 aliphatic carbocycles. The Labute approximate surface area is 132 Å². The van der Waals surface area contributed by atoms with Crippen molar-refractivity contribution in [1.82, 2.24) is 0 Å². The van der Waals surface area contributed by atoms with E-state index in [1.54, 1.807) is 0 Å². The third-order valence-corrected chi connectivity index (χ3v) is 3.38. The van der Waals surface area contributed by atoms with E-state index in [1.165, 1.54) is 6.08 Å². The minimum atomic E-state index is -5.80. The first-order valence-electron chi connectivity index (χ1n) is 7.35. The number of methoxy groups -OCH3 is 2. The molecule has 0 spiro atoms. The van der Waals surface area contributed by atoms with E-state index in [0.29, 0.717) is 18.9 Å². The first kappa shape index (κ1) is 21.8. The van der Waals surface area contributed by atoms with Gasteiger partial charge >= 0.3 is 18.1 Å². The number of alkyl halides is 5. The molecule has 0 aromatic heterocycles. The summed E-state index contributed by atoms with van der Waals surface area (Å²) in [6.07, 6.45) is -2.10. The Bertz CT molecular complexity index is 380. The summed E-state index contributed by atoms with van der Waals surface area (Å²) in [6, 6.07) is 0. The molecule has 3 nitrogen and oxygen atoms in total. The molecule has 0 aromatic carbocycles. The summed E-state index contributed by atoms with van der Waals surface area (Å²) in [6.45, 7) is 2.00. The van der Waals surface area contributed by atoms with Crippen molar-refractivity contribution in [2.24, 2.45) is 5.92 Å². The first-order chi connectivity index (χ1) is 10.6. The van der Waals surface area contributed by atoms with Gasteiger partial charge in [-0.05, 0) is 12.8 Å². The Morgan fingerprint density at radius 1 is 1.09 bits per heavy atom. The van der Waals surface area contributed by atoms with Gasteiger partial charge in [0.2, 0.25) is 0 Å². The Balaban J connectivity index is 5.23. The molecule has 0 saturated carbocycles. The highest BCUT2D eigenvalue weighted by Crippen LogP contribution is 2.44. The van der Waals surface area contributed by atoms with Crippen molar-refractivity contribution in [1.29, 1.82) is 0 Å². The van der Waals surface area contributed by atoms with Gasteiger partial charge in [0.05, 0.1) is 13.0 Å². The van der Waals surface area contributed by atoms with Crippen LogP contribution in [-0.2, 0) is 14.3 Å². The van der Waals surface area contributed by atoms with E-state index in [2.05, 4.69) is 9.47 Å². The van der Waals surface area contributed by atoms with Gasteiger partial charge in [-0.15, -0.1) is 0 Å². The smallest absolute Gasteiger partial charge is 0.454 e. The van der Waals surface area contributed by atoms with E-state index in [4.69, 9.17) is 0 Å². The molecule has 0 heterocycles. The van der Waals surface area contributed by atoms with Gasteiger partial charge in [0.1, 0.15) is 0 Å². The van der Waals surface area contributed by atoms with Gasteiger partial charge in [0, 0.05) is 7.11 Å². The number of esters is 1. The summed E-state index contributed by atoms with van der Waals surface area (Å²) in [5.74, 6) is -8.87. The molecule has 8 heteroatoms. The fraction of sp³-hybridized carbons (Fsp3) is 0.800. The zero-order chi connectivity index (χ0) is 18.1. The van der Waals surface area contributed by atoms with Crippen molar-refractivity contribution in [3.05, 3.63) is 12.2 Å². The predicted octanol–water partition coefficient (Wildman–Crippen LogP) is 4.51. The van der Waals surface area contributed by atoms with Gasteiger partial charge in [-0.3, -0.25) is 0 Å². The van der Waals surface area contributed by atoms with Crippen LogP contribution < -0.4 is 0 Å². The minimum absolute atomic E-state index is 0.349. The highest BCUT2D eigenvalue weighted by molar-refractivity contribution is 5.75. The van der Waals surface area contributed by atoms with Crippen molar-refractivity contribution in [2.75, 3.05) is 14.2 Å². The van der Waals surface area contributed by atoms with Crippen LogP contribution in [0.3, 0.4) is 0 Å². The summed E-state index contributed by atoms with van der Waals surface area (Å²) in [4.78, 5) is 11.5. The Kier molecular flexibility index (Phi) is 9.34. The van der Waals surface area contributed by atoms with E-state index in [9.17, 15) is 26.7 Å². The summed E-state index contributed by atoms with van der Waals surface area (Å²) in [5.41, 5.74) is 0. The van der Waals surface area contributed by atoms with E-state index in [1.807, 2.05) is 6.92 Å². The van der Waals surface area contributed by atoms with Crippen LogP contribution in [0.15, 0.2) is 12.2 Å². The van der Waals surface area contributed by atoms with Crippen LogP contribution in [-0.4, -0.2) is 38.4 Å². The van der Waals surface area contributed by atoms with Gasteiger partial charge < -0.3 is 9.47 Å². The van der Waals surface area contributed by atoms with E-state index < -0.39 is 30.1 Å². The summed E-state index contributed by atoms with van der Waals surface area (Å²) >= 11 is 0. The maximum absolute atomic E-state index is 13.7. The van der Waals surface area contributed by atoms with Gasteiger partial charge in [0.15, 0.2) is 6.10 Å². The maximum atomic E-state index is 13.7. The van der Waals surface area contributed by atoms with Crippen molar-refractivity contribution in [3.63, 3.8) is 0 Å². The molecule has 0 rings (SSSR count). The van der Waals surface area contributed by atoms with Crippen molar-refractivity contribution >= 4 is 5.97 Å². The van der Waals surface area contributed by atoms with E-state index in [0.717, 1.165) is 33.5 Å². The number of hydrogen-bond acceptors (Lipinski definition) is 3. The molecule has 136 valence electrons. The molecule has 0 aromatic rings. The SMILES string of the molecule is CCCCCC/C=C/[C@H]([C@H](OC)C(=O)OC)C(F)(F)C(F)(F)F. The minimum Gasteiger partial charge on any atom is -0.467 e. The van der Waals surface area contributed by atoms with Crippen molar-refractivity contribution < 1.29 is 36.2 Å². The summed E-state index contributed by atoms with van der Waals surface area (Å²) < 4.78 is 74.1. The molecule has 23 heavy (non-hydrogen) atoms. The average Bonchev–Trinajstić information content (AvgIpc) is 2.47. The number of allylic oxidation sites excluding steroid dienone is 1. The number of ether oxygens (including phenoxy) is 2. The van der Waals surface area contributed by atoms with Gasteiger partial charge in [0.25, 0.3) is 0 Å². The molecule has 0 fully saturated rings. The normalized spacial score (nSPS) is 15.7. The number of halogens is 5. The highest BCUT2D eigenvalue weighted by Gasteiger charge is 2.64. The molecule has 0 N–H and O–H groups in total. The van der Waals surface area contributed by atoms with Crippen LogP contribution >= 0.6 is 0 Å². The van der Waals surface area contributed by atoms with Crippen molar-refractivity contribution in [3.8, 4) is 0 Å². The summed E-state index contributed by atoms with van der Waals surface area (Å²) in [5, 5.41) is 0. The lowest BCUT2D eigenvalue weighted by molar-refractivity contribution is -0.305. The second-order valence-electron chi connectivity index (χ2n) is 5.10. The Morgan fingerprint density at radius 3 is 2.13 bits per heavy atom. The van der Waals surface area contributed by atoms with Crippen LogP contribution in [0.4, 0.5) is 22.0 Å². The van der Waals surface area contributed by atoms with E-state index in [-0.39, 0.29) is 0 Å². The topological polar surface area (TPSA) is 35.5 Å². The molecular weight excluding hydrogens is 323 g/mol. The summed E-state index contributed by atoms with van der Waals surface area (Å²) in [7, 11) is 1.78. The second kappa shape index (κ2) is 9.85. The maximum Gasteiger partial charge on any atom is 0.454 e. The molecule has 0 radical (unpaired) electrons. The fourth-order valence-corrected chi connectivity index (χ4v) is 2.04. The molecule has 0 unspecified atom stereocenters. The van der Waals surface area contributed by atoms with Gasteiger partial charge in [-0.1, -0.05) is 38.3 Å². The Morgan fingerprint density at radius 2 is 1.70 bits per heavy atom. The zero-order valence-electron chi connectivity index (χ0n) is 13.5. The number of hydrogen-bond donors (Lipinski definition) is 0. The highest BCUT2D eigenvalue weighted by atomic mass is 19.4. The number of unbranched alkanes of at least 4 members (excludes halogenated alkanes) is 4. The van der Waals surface area contributed by atoms with E-state index >= 15 is 0 Å². The van der Waals surface area contributed by atoms with Crippen LogP contribution in [0, 0.1) is 5.92 Å². The largest absolute Gasteiger partial charge is 0.467 e. The van der Waals surface area contributed by atoms with Gasteiger partial charge in [-0.25, -0.2) is 4.79 Å². The second-order valence-corrected chi connectivity index (χ2v) is 5.10. The molecule has 0 aliphatic rings. The molecule has 0 bridgehead atoms. The van der Waals surface area contributed by atoms with Crippen LogP contribution in [0.2, 0.25) is 0 Å². The number of carbonyl (C=O) groups excluding carboxylic acids is 1. The lowest BCUT2D eigenvalue weighted by Crippen LogP contribution is -2.50. The predicted molar refractivity (Wildman–Crippen MR) is 75.2 cm³/mol. The monoisotopic (exact) mass is 346 g/mol. The lowest BCUT2D eigenvalue weighted by atomic mass is 9.92. The van der Waals surface area contributed by atoms with Crippen LogP contribution in [0.1, 0.15) is 39.0 Å². The fourth-order valence-electron chi connectivity index (χ4n) is 2.04. The third kappa shape index (κ3) is 6.45. The molecule has 0 aliphatic heterocycles. The molecule has 0 amide bonds. The average molecular weight is 346 g/mol. The molecule has 0 saturated heterocycles. The molecular formula is C15H23F5O3. The first-order valence-corrected chi connectivity index (χ1v) is 7.35. The Hall–Kier alpha value is -1.18. The standard InChI is InChI=1S/C15H23F5O3/c1-4-5-6-7-8-9-10-11(12(22-2)13(21)23-3)14(16,17)15(18,19)20/h9-12H,4-8H2,1-3H3/b10-9+/t11-,12+/m1/s1. The van der Waals surface area contributed by atoms with Crippen molar-refractivity contribution in [2.45, 2.75) is 57.2 Å². The zero-order valence-corrected chi connectivity index (χ0v) is 13.5. The third-order valence-electron chi connectivity index (χ3n) is 3.38. The number of rotatable bonds is 10. The molecule has 2 atom stereocenters. The van der Waals surface area contributed by atoms with Crippen LogP contribution in [0.5, 0.6) is 0 Å². The quantitative estimate of drug-likeness (QED) is 0.253. The lowest BCUT2D eigenvalue weighted by Gasteiger charge is -2.30.